The highest BCUT2D eigenvalue weighted by atomic mass is 16.3. The molecule has 0 saturated carbocycles. The predicted molar refractivity (Wildman–Crippen MR) is 94.5 cm³/mol. The van der Waals surface area contributed by atoms with Crippen LogP contribution in [0.15, 0.2) is 24.3 Å². The summed E-state index contributed by atoms with van der Waals surface area (Å²) in [5.41, 5.74) is 0.630. The van der Waals surface area contributed by atoms with Crippen molar-refractivity contribution in [2.75, 3.05) is 26.2 Å². The minimum atomic E-state index is -1.35. The number of carbonyl (C=O) groups excluding carboxylic acids is 1. The standard InChI is InChI=1S/C19H30N2O3/c1-15-6-4-7-16(10-15)11-21-9-5-8-19(24,17(21)23)13-20-12-18(2,3)14-22/h4,6-7,10,20,22,24H,5,8-9,11-14H2,1-3H3/t19-/m0/s1. The molecule has 1 aliphatic rings. The van der Waals surface area contributed by atoms with Crippen molar-refractivity contribution < 1.29 is 15.0 Å². The highest BCUT2D eigenvalue weighted by Gasteiger charge is 2.42. The molecule has 1 atom stereocenters. The van der Waals surface area contributed by atoms with Gasteiger partial charge in [-0.1, -0.05) is 43.7 Å². The van der Waals surface area contributed by atoms with E-state index in [2.05, 4.69) is 11.4 Å². The number of benzene rings is 1. The van der Waals surface area contributed by atoms with Crippen LogP contribution in [0, 0.1) is 12.3 Å². The van der Waals surface area contributed by atoms with Gasteiger partial charge in [0.15, 0.2) is 5.60 Å². The Morgan fingerprint density at radius 2 is 2.12 bits per heavy atom. The quantitative estimate of drug-likeness (QED) is 0.706. The normalized spacial score (nSPS) is 22.0. The van der Waals surface area contributed by atoms with Gasteiger partial charge in [0, 0.05) is 38.2 Å². The zero-order valence-electron chi connectivity index (χ0n) is 15.0. The summed E-state index contributed by atoms with van der Waals surface area (Å²) in [5.74, 6) is -0.204. The van der Waals surface area contributed by atoms with Crippen LogP contribution >= 0.6 is 0 Å². The van der Waals surface area contributed by atoms with E-state index in [4.69, 9.17) is 0 Å². The van der Waals surface area contributed by atoms with Crippen LogP contribution in [0.5, 0.6) is 0 Å². The molecule has 1 amide bonds. The molecule has 1 saturated heterocycles. The second-order valence-corrected chi connectivity index (χ2v) is 7.78. The first-order chi connectivity index (χ1) is 11.3. The molecule has 1 fully saturated rings. The van der Waals surface area contributed by atoms with Crippen LogP contribution < -0.4 is 5.32 Å². The number of hydrogen-bond donors (Lipinski definition) is 3. The fraction of sp³-hybridized carbons (Fsp3) is 0.632. The molecule has 1 aliphatic heterocycles. The van der Waals surface area contributed by atoms with Crippen LogP contribution in [0.3, 0.4) is 0 Å². The number of aliphatic hydroxyl groups excluding tert-OH is 1. The number of likely N-dealkylation sites (tertiary alicyclic amines) is 1. The third-order valence-electron chi connectivity index (χ3n) is 4.61. The second kappa shape index (κ2) is 7.64. The molecule has 0 aliphatic carbocycles. The van der Waals surface area contributed by atoms with Gasteiger partial charge in [0.05, 0.1) is 0 Å². The number of piperidine rings is 1. The van der Waals surface area contributed by atoms with Gasteiger partial charge in [0.2, 0.25) is 0 Å². The summed E-state index contributed by atoms with van der Waals surface area (Å²) < 4.78 is 0. The maximum Gasteiger partial charge on any atom is 0.256 e. The lowest BCUT2D eigenvalue weighted by atomic mass is 9.90. The van der Waals surface area contributed by atoms with Gasteiger partial charge in [0.25, 0.3) is 5.91 Å². The number of nitrogens with one attached hydrogen (secondary N) is 1. The molecule has 5 heteroatoms. The number of hydrogen-bond acceptors (Lipinski definition) is 4. The minimum Gasteiger partial charge on any atom is -0.396 e. The molecule has 0 radical (unpaired) electrons. The third kappa shape index (κ3) is 4.79. The van der Waals surface area contributed by atoms with Gasteiger partial charge in [-0.2, -0.15) is 0 Å². The molecule has 1 aromatic carbocycles. The lowest BCUT2D eigenvalue weighted by Crippen LogP contribution is -2.58. The molecule has 3 N–H and O–H groups in total. The van der Waals surface area contributed by atoms with Crippen LogP contribution in [0.4, 0.5) is 0 Å². The van der Waals surface area contributed by atoms with Crippen molar-refractivity contribution in [1.82, 2.24) is 10.2 Å². The van der Waals surface area contributed by atoms with Crippen molar-refractivity contribution in [3.63, 3.8) is 0 Å². The Morgan fingerprint density at radius 3 is 2.79 bits per heavy atom. The van der Waals surface area contributed by atoms with Crippen molar-refractivity contribution in [2.24, 2.45) is 5.41 Å². The molecular formula is C19H30N2O3. The molecule has 5 nitrogen and oxygen atoms in total. The maximum atomic E-state index is 12.7. The average Bonchev–Trinajstić information content (AvgIpc) is 2.52. The van der Waals surface area contributed by atoms with E-state index in [0.29, 0.717) is 26.1 Å². The Morgan fingerprint density at radius 1 is 1.38 bits per heavy atom. The van der Waals surface area contributed by atoms with Crippen LogP contribution in [0.2, 0.25) is 0 Å². The number of aliphatic hydroxyl groups is 2. The van der Waals surface area contributed by atoms with Gasteiger partial charge in [-0.15, -0.1) is 0 Å². The molecule has 0 bridgehead atoms. The molecule has 2 rings (SSSR count). The Hall–Kier alpha value is -1.43. The van der Waals surface area contributed by atoms with Gasteiger partial charge in [-0.3, -0.25) is 4.79 Å². The van der Waals surface area contributed by atoms with Crippen LogP contribution in [-0.2, 0) is 11.3 Å². The van der Waals surface area contributed by atoms with Gasteiger partial charge in [-0.05, 0) is 25.3 Å². The molecule has 134 valence electrons. The predicted octanol–water partition coefficient (Wildman–Crippen LogP) is 1.46. The summed E-state index contributed by atoms with van der Waals surface area (Å²) >= 11 is 0. The lowest BCUT2D eigenvalue weighted by molar-refractivity contribution is -0.157. The summed E-state index contributed by atoms with van der Waals surface area (Å²) in [6.07, 6.45) is 1.27. The fourth-order valence-corrected chi connectivity index (χ4v) is 3.07. The Kier molecular flexibility index (Phi) is 6.01. The number of nitrogens with zero attached hydrogens (tertiary/aromatic N) is 1. The topological polar surface area (TPSA) is 72.8 Å². The molecule has 1 aromatic rings. The number of amides is 1. The highest BCUT2D eigenvalue weighted by Crippen LogP contribution is 2.24. The molecule has 0 spiro atoms. The fourth-order valence-electron chi connectivity index (χ4n) is 3.07. The van der Waals surface area contributed by atoms with Gasteiger partial charge >= 0.3 is 0 Å². The minimum absolute atomic E-state index is 0.0614. The van der Waals surface area contributed by atoms with E-state index in [-0.39, 0.29) is 24.5 Å². The molecule has 0 aromatic heterocycles. The average molecular weight is 334 g/mol. The molecular weight excluding hydrogens is 304 g/mol. The summed E-state index contributed by atoms with van der Waals surface area (Å²) in [7, 11) is 0. The largest absolute Gasteiger partial charge is 0.396 e. The Balaban J connectivity index is 1.97. The Bertz CT molecular complexity index is 573. The van der Waals surface area contributed by atoms with E-state index in [9.17, 15) is 15.0 Å². The molecule has 0 unspecified atom stereocenters. The lowest BCUT2D eigenvalue weighted by Gasteiger charge is -2.39. The van der Waals surface area contributed by atoms with E-state index in [1.54, 1.807) is 4.90 Å². The molecule has 1 heterocycles. The highest BCUT2D eigenvalue weighted by molar-refractivity contribution is 5.86. The number of rotatable bonds is 7. The maximum absolute atomic E-state index is 12.7. The summed E-state index contributed by atoms with van der Waals surface area (Å²) in [4.78, 5) is 14.5. The molecule has 24 heavy (non-hydrogen) atoms. The SMILES string of the molecule is Cc1cccc(CN2CCC[C@](O)(CNCC(C)(C)CO)C2=O)c1. The summed E-state index contributed by atoms with van der Waals surface area (Å²) in [6, 6.07) is 8.10. The van der Waals surface area contributed by atoms with Crippen LogP contribution in [-0.4, -0.2) is 52.9 Å². The van der Waals surface area contributed by atoms with E-state index in [1.807, 2.05) is 39.0 Å². The smallest absolute Gasteiger partial charge is 0.256 e. The van der Waals surface area contributed by atoms with Gasteiger partial charge in [0.1, 0.15) is 0 Å². The van der Waals surface area contributed by atoms with E-state index >= 15 is 0 Å². The third-order valence-corrected chi connectivity index (χ3v) is 4.61. The Labute approximate surface area is 144 Å². The van der Waals surface area contributed by atoms with E-state index in [1.165, 1.54) is 5.56 Å². The zero-order chi connectivity index (χ0) is 17.8. The monoisotopic (exact) mass is 334 g/mol. The number of aryl methyl sites for hydroxylation is 1. The second-order valence-electron chi connectivity index (χ2n) is 7.78. The van der Waals surface area contributed by atoms with Crippen molar-refractivity contribution in [2.45, 2.75) is 45.8 Å². The summed E-state index contributed by atoms with van der Waals surface area (Å²) in [5, 5.41) is 23.2. The van der Waals surface area contributed by atoms with E-state index in [0.717, 1.165) is 12.0 Å². The van der Waals surface area contributed by atoms with Crippen molar-refractivity contribution >= 4 is 5.91 Å². The summed E-state index contributed by atoms with van der Waals surface area (Å²) in [6.45, 7) is 7.96. The zero-order valence-corrected chi connectivity index (χ0v) is 15.0. The first kappa shape index (κ1) is 18.9. The first-order valence-corrected chi connectivity index (χ1v) is 8.65. The van der Waals surface area contributed by atoms with Crippen molar-refractivity contribution in [3.8, 4) is 0 Å². The van der Waals surface area contributed by atoms with Gasteiger partial charge < -0.3 is 20.4 Å². The van der Waals surface area contributed by atoms with Crippen molar-refractivity contribution in [1.29, 1.82) is 0 Å². The van der Waals surface area contributed by atoms with Crippen LogP contribution in [0.1, 0.15) is 37.8 Å². The van der Waals surface area contributed by atoms with Crippen LogP contribution in [0.25, 0.3) is 0 Å². The first-order valence-electron chi connectivity index (χ1n) is 8.65. The van der Waals surface area contributed by atoms with Crippen molar-refractivity contribution in [3.05, 3.63) is 35.4 Å². The van der Waals surface area contributed by atoms with E-state index < -0.39 is 5.60 Å². The van der Waals surface area contributed by atoms with Gasteiger partial charge in [-0.25, -0.2) is 0 Å². The number of carbonyl (C=O) groups is 1.